The van der Waals surface area contributed by atoms with E-state index in [4.69, 9.17) is 4.42 Å². The van der Waals surface area contributed by atoms with Crippen molar-refractivity contribution in [3.63, 3.8) is 0 Å². The third kappa shape index (κ3) is 5.01. The lowest BCUT2D eigenvalue weighted by molar-refractivity contribution is 0.483. The molecule has 114 valence electrons. The molecule has 2 rings (SSSR count). The SMILES string of the molecule is Cc1cc(C)cc(-c2cnc(CCCNCC(C)C)o2)c1. The van der Waals surface area contributed by atoms with Crippen molar-refractivity contribution >= 4 is 0 Å². The molecular weight excluding hydrogens is 260 g/mol. The summed E-state index contributed by atoms with van der Waals surface area (Å²) in [5.41, 5.74) is 3.62. The quantitative estimate of drug-likeness (QED) is 0.777. The van der Waals surface area contributed by atoms with Crippen molar-refractivity contribution in [1.82, 2.24) is 10.3 Å². The first kappa shape index (κ1) is 15.8. The van der Waals surface area contributed by atoms with E-state index < -0.39 is 0 Å². The maximum atomic E-state index is 5.87. The first-order chi connectivity index (χ1) is 10.0. The summed E-state index contributed by atoms with van der Waals surface area (Å²) in [5, 5.41) is 3.44. The van der Waals surface area contributed by atoms with Crippen LogP contribution in [-0.2, 0) is 6.42 Å². The van der Waals surface area contributed by atoms with E-state index in [0.717, 1.165) is 43.1 Å². The summed E-state index contributed by atoms with van der Waals surface area (Å²) in [6.45, 7) is 10.7. The van der Waals surface area contributed by atoms with Gasteiger partial charge in [0, 0.05) is 12.0 Å². The number of rotatable bonds is 7. The monoisotopic (exact) mass is 286 g/mol. The fraction of sp³-hybridized carbons (Fsp3) is 0.500. The van der Waals surface area contributed by atoms with Crippen molar-refractivity contribution in [2.24, 2.45) is 5.92 Å². The Labute approximate surface area is 127 Å². The summed E-state index contributed by atoms with van der Waals surface area (Å²) in [4.78, 5) is 4.39. The van der Waals surface area contributed by atoms with Gasteiger partial charge >= 0.3 is 0 Å². The average molecular weight is 286 g/mol. The Bertz CT molecular complexity index is 552. The summed E-state index contributed by atoms with van der Waals surface area (Å²) in [6.07, 6.45) is 3.78. The molecule has 0 amide bonds. The Morgan fingerprint density at radius 2 is 1.86 bits per heavy atom. The predicted molar refractivity (Wildman–Crippen MR) is 87.4 cm³/mol. The highest BCUT2D eigenvalue weighted by Crippen LogP contribution is 2.23. The minimum absolute atomic E-state index is 0.697. The molecular formula is C18H26N2O. The number of nitrogens with one attached hydrogen (secondary N) is 1. The maximum absolute atomic E-state index is 5.87. The van der Waals surface area contributed by atoms with Gasteiger partial charge in [-0.3, -0.25) is 0 Å². The third-order valence-electron chi connectivity index (χ3n) is 3.36. The van der Waals surface area contributed by atoms with E-state index >= 15 is 0 Å². The number of benzene rings is 1. The van der Waals surface area contributed by atoms with E-state index in [0.29, 0.717) is 5.92 Å². The highest BCUT2D eigenvalue weighted by Gasteiger charge is 2.07. The molecule has 0 aliphatic heterocycles. The number of aryl methyl sites for hydroxylation is 3. The molecule has 0 spiro atoms. The molecule has 0 bridgehead atoms. The number of aromatic nitrogens is 1. The van der Waals surface area contributed by atoms with Gasteiger partial charge in [-0.1, -0.05) is 31.0 Å². The second kappa shape index (κ2) is 7.41. The van der Waals surface area contributed by atoms with Crippen molar-refractivity contribution in [1.29, 1.82) is 0 Å². The molecule has 3 heteroatoms. The van der Waals surface area contributed by atoms with Crippen molar-refractivity contribution < 1.29 is 4.42 Å². The Balaban J connectivity index is 1.89. The van der Waals surface area contributed by atoms with Crippen LogP contribution < -0.4 is 5.32 Å². The predicted octanol–water partition coefficient (Wildman–Crippen LogP) is 4.14. The van der Waals surface area contributed by atoms with Crippen LogP contribution in [0.1, 0.15) is 37.3 Å². The molecule has 0 atom stereocenters. The summed E-state index contributed by atoms with van der Waals surface area (Å²) in [7, 11) is 0. The van der Waals surface area contributed by atoms with Crippen molar-refractivity contribution in [3.05, 3.63) is 41.4 Å². The molecule has 0 aliphatic rings. The second-order valence-electron chi connectivity index (χ2n) is 6.20. The van der Waals surface area contributed by atoms with Crippen LogP contribution in [0.25, 0.3) is 11.3 Å². The lowest BCUT2D eigenvalue weighted by Crippen LogP contribution is -2.21. The van der Waals surface area contributed by atoms with Gasteiger partial charge in [-0.15, -0.1) is 0 Å². The van der Waals surface area contributed by atoms with Gasteiger partial charge in [0.25, 0.3) is 0 Å². The van der Waals surface area contributed by atoms with E-state index in [2.05, 4.69) is 56.2 Å². The van der Waals surface area contributed by atoms with Gasteiger partial charge in [0.15, 0.2) is 11.7 Å². The molecule has 0 aliphatic carbocycles. The van der Waals surface area contributed by atoms with E-state index in [1.165, 1.54) is 11.1 Å². The minimum atomic E-state index is 0.697. The summed E-state index contributed by atoms with van der Waals surface area (Å²) >= 11 is 0. The van der Waals surface area contributed by atoms with Gasteiger partial charge in [-0.2, -0.15) is 0 Å². The summed E-state index contributed by atoms with van der Waals surface area (Å²) in [6, 6.07) is 6.45. The van der Waals surface area contributed by atoms with Gasteiger partial charge in [-0.25, -0.2) is 4.98 Å². The third-order valence-corrected chi connectivity index (χ3v) is 3.36. The zero-order valence-electron chi connectivity index (χ0n) is 13.6. The van der Waals surface area contributed by atoms with Crippen LogP contribution in [0.5, 0.6) is 0 Å². The van der Waals surface area contributed by atoms with Gasteiger partial charge in [0.1, 0.15) is 0 Å². The number of hydrogen-bond acceptors (Lipinski definition) is 3. The maximum Gasteiger partial charge on any atom is 0.194 e. The fourth-order valence-corrected chi connectivity index (χ4v) is 2.43. The molecule has 0 unspecified atom stereocenters. The Kier molecular flexibility index (Phi) is 5.57. The van der Waals surface area contributed by atoms with Crippen LogP contribution in [-0.4, -0.2) is 18.1 Å². The average Bonchev–Trinajstić information content (AvgIpc) is 2.85. The van der Waals surface area contributed by atoms with Crippen molar-refractivity contribution in [2.75, 3.05) is 13.1 Å². The van der Waals surface area contributed by atoms with E-state index in [1.807, 2.05) is 6.20 Å². The Morgan fingerprint density at radius 3 is 2.52 bits per heavy atom. The molecule has 1 aromatic carbocycles. The molecule has 21 heavy (non-hydrogen) atoms. The highest BCUT2D eigenvalue weighted by atomic mass is 16.4. The first-order valence-corrected chi connectivity index (χ1v) is 7.78. The number of nitrogens with zero attached hydrogens (tertiary/aromatic N) is 1. The molecule has 1 N–H and O–H groups in total. The topological polar surface area (TPSA) is 38.1 Å². The van der Waals surface area contributed by atoms with E-state index in [9.17, 15) is 0 Å². The first-order valence-electron chi connectivity index (χ1n) is 7.78. The van der Waals surface area contributed by atoms with Crippen LogP contribution in [0.15, 0.2) is 28.8 Å². The molecule has 0 fully saturated rings. The Hall–Kier alpha value is -1.61. The lowest BCUT2D eigenvalue weighted by atomic mass is 10.1. The highest BCUT2D eigenvalue weighted by molar-refractivity contribution is 5.58. The molecule has 0 radical (unpaired) electrons. The molecule has 1 aromatic heterocycles. The molecule has 0 saturated carbocycles. The molecule has 3 nitrogen and oxygen atoms in total. The van der Waals surface area contributed by atoms with Gasteiger partial charge in [0.2, 0.25) is 0 Å². The second-order valence-corrected chi connectivity index (χ2v) is 6.20. The van der Waals surface area contributed by atoms with Gasteiger partial charge in [0.05, 0.1) is 6.20 Å². The smallest absolute Gasteiger partial charge is 0.194 e. The van der Waals surface area contributed by atoms with Crippen LogP contribution in [0.3, 0.4) is 0 Å². The van der Waals surface area contributed by atoms with Crippen LogP contribution in [0, 0.1) is 19.8 Å². The largest absolute Gasteiger partial charge is 0.441 e. The summed E-state index contributed by atoms with van der Waals surface area (Å²) < 4.78 is 5.87. The zero-order chi connectivity index (χ0) is 15.2. The van der Waals surface area contributed by atoms with Crippen LogP contribution in [0.2, 0.25) is 0 Å². The minimum Gasteiger partial charge on any atom is -0.441 e. The van der Waals surface area contributed by atoms with Gasteiger partial charge < -0.3 is 9.73 Å². The van der Waals surface area contributed by atoms with Crippen molar-refractivity contribution in [3.8, 4) is 11.3 Å². The van der Waals surface area contributed by atoms with Crippen molar-refractivity contribution in [2.45, 2.75) is 40.5 Å². The molecule has 1 heterocycles. The van der Waals surface area contributed by atoms with Gasteiger partial charge in [-0.05, 0) is 51.4 Å². The Morgan fingerprint density at radius 1 is 1.14 bits per heavy atom. The zero-order valence-corrected chi connectivity index (χ0v) is 13.6. The summed E-state index contributed by atoms with van der Waals surface area (Å²) in [5.74, 6) is 2.39. The van der Waals surface area contributed by atoms with E-state index in [-0.39, 0.29) is 0 Å². The molecule has 2 aromatic rings. The van der Waals surface area contributed by atoms with E-state index in [1.54, 1.807) is 0 Å². The van der Waals surface area contributed by atoms with Crippen LogP contribution >= 0.6 is 0 Å². The fourth-order valence-electron chi connectivity index (χ4n) is 2.43. The lowest BCUT2D eigenvalue weighted by Gasteiger charge is -2.05. The molecule has 0 saturated heterocycles. The number of hydrogen-bond donors (Lipinski definition) is 1. The standard InChI is InChI=1S/C18H26N2O/c1-13(2)11-19-7-5-6-18-20-12-17(21-18)16-9-14(3)8-15(4)10-16/h8-10,12-13,19H,5-7,11H2,1-4H3. The normalized spacial score (nSPS) is 11.3. The van der Waals surface area contributed by atoms with Crippen LogP contribution in [0.4, 0.5) is 0 Å². The number of oxazole rings is 1.